The van der Waals surface area contributed by atoms with Gasteiger partial charge in [0.2, 0.25) is 6.29 Å². The standard InChI is InChI=1S/C41H60O14/c1-25(18-20-35(44)48-8)17-19-33-38(49-9)28(4)34-24-52-41(47)37(34)39(33)53-31(7)54-40(46)27(3)16-14-12-10-11-13-15-26(2)21-36(45)55-32(22-50-29(5)42)23-51-30(6)43/h17,26-27,31-32H,10-16,18-24H2,1-9H3/b25-17+. The Labute approximate surface area is 324 Å². The van der Waals surface area contributed by atoms with Gasteiger partial charge in [0, 0.05) is 44.7 Å². The van der Waals surface area contributed by atoms with Crippen molar-refractivity contribution in [2.24, 2.45) is 11.8 Å². The van der Waals surface area contributed by atoms with E-state index in [0.29, 0.717) is 41.7 Å². The number of rotatable bonds is 25. The lowest BCUT2D eigenvalue weighted by Gasteiger charge is -2.23. The number of cyclic esters (lactones) is 1. The van der Waals surface area contributed by atoms with Crippen LogP contribution >= 0.6 is 0 Å². The van der Waals surface area contributed by atoms with E-state index in [0.717, 1.165) is 49.7 Å². The summed E-state index contributed by atoms with van der Waals surface area (Å²) in [4.78, 5) is 72.3. The summed E-state index contributed by atoms with van der Waals surface area (Å²) in [7, 11) is 2.89. The highest BCUT2D eigenvalue weighted by Gasteiger charge is 2.34. The van der Waals surface area contributed by atoms with Crippen molar-refractivity contribution >= 4 is 35.8 Å². The lowest BCUT2D eigenvalue weighted by molar-refractivity contribution is -0.166. The van der Waals surface area contributed by atoms with E-state index in [9.17, 15) is 28.8 Å². The molecular formula is C41H60O14. The van der Waals surface area contributed by atoms with Crippen molar-refractivity contribution in [1.82, 2.24) is 0 Å². The number of unbranched alkanes of at least 4 members (excludes halogenated alkanes) is 4. The van der Waals surface area contributed by atoms with Gasteiger partial charge in [0.1, 0.15) is 36.9 Å². The van der Waals surface area contributed by atoms with Crippen LogP contribution in [0.1, 0.15) is 133 Å². The molecule has 1 heterocycles. The minimum Gasteiger partial charge on any atom is -0.496 e. The lowest BCUT2D eigenvalue weighted by Crippen LogP contribution is -2.30. The maximum atomic E-state index is 13.1. The Morgan fingerprint density at radius 3 is 2.02 bits per heavy atom. The van der Waals surface area contributed by atoms with E-state index >= 15 is 0 Å². The van der Waals surface area contributed by atoms with Crippen molar-refractivity contribution in [2.75, 3.05) is 27.4 Å². The molecule has 0 saturated heterocycles. The fourth-order valence-electron chi connectivity index (χ4n) is 6.14. The number of fused-ring (bicyclic) bond motifs is 1. The molecular weight excluding hydrogens is 716 g/mol. The van der Waals surface area contributed by atoms with Crippen LogP contribution in [0.3, 0.4) is 0 Å². The molecule has 0 saturated carbocycles. The molecule has 0 amide bonds. The molecule has 2 rings (SSSR count). The maximum Gasteiger partial charge on any atom is 0.342 e. The number of allylic oxidation sites excluding steroid dienone is 2. The quantitative estimate of drug-likeness (QED) is 0.0333. The van der Waals surface area contributed by atoms with Gasteiger partial charge in [-0.25, -0.2) is 4.79 Å². The molecule has 0 aliphatic carbocycles. The van der Waals surface area contributed by atoms with Crippen LogP contribution in [-0.4, -0.2) is 75.6 Å². The average molecular weight is 777 g/mol. The van der Waals surface area contributed by atoms with Crippen LogP contribution in [0.15, 0.2) is 11.6 Å². The third-order valence-electron chi connectivity index (χ3n) is 9.29. The van der Waals surface area contributed by atoms with Gasteiger partial charge in [-0.2, -0.15) is 0 Å². The highest BCUT2D eigenvalue weighted by molar-refractivity contribution is 5.98. The van der Waals surface area contributed by atoms with Crippen molar-refractivity contribution in [2.45, 2.75) is 138 Å². The number of carbonyl (C=O) groups excluding carboxylic acids is 6. The molecule has 1 aromatic carbocycles. The summed E-state index contributed by atoms with van der Waals surface area (Å²) in [5.74, 6) is -2.22. The second kappa shape index (κ2) is 24.0. The minimum atomic E-state index is -1.00. The van der Waals surface area contributed by atoms with Crippen LogP contribution in [0, 0.1) is 18.8 Å². The molecule has 3 unspecified atom stereocenters. The smallest absolute Gasteiger partial charge is 0.342 e. The number of esters is 6. The molecule has 1 aromatic rings. The van der Waals surface area contributed by atoms with E-state index in [1.54, 1.807) is 14.0 Å². The van der Waals surface area contributed by atoms with Crippen LogP contribution in [0.4, 0.5) is 0 Å². The monoisotopic (exact) mass is 776 g/mol. The van der Waals surface area contributed by atoms with Gasteiger partial charge in [0.25, 0.3) is 0 Å². The highest BCUT2D eigenvalue weighted by Crippen LogP contribution is 2.43. The van der Waals surface area contributed by atoms with Gasteiger partial charge in [-0.05, 0) is 44.6 Å². The van der Waals surface area contributed by atoms with Crippen LogP contribution < -0.4 is 9.47 Å². The van der Waals surface area contributed by atoms with Crippen molar-refractivity contribution in [3.63, 3.8) is 0 Å². The van der Waals surface area contributed by atoms with Crippen molar-refractivity contribution in [3.8, 4) is 11.5 Å². The molecule has 14 heteroatoms. The molecule has 0 fully saturated rings. The molecule has 14 nitrogen and oxygen atoms in total. The van der Waals surface area contributed by atoms with Crippen molar-refractivity contribution in [3.05, 3.63) is 33.9 Å². The largest absolute Gasteiger partial charge is 0.496 e. The van der Waals surface area contributed by atoms with Gasteiger partial charge < -0.3 is 37.9 Å². The number of carbonyl (C=O) groups is 6. The first kappa shape index (κ1) is 46.5. The Kier molecular flexibility index (Phi) is 20.3. The van der Waals surface area contributed by atoms with Crippen LogP contribution in [0.5, 0.6) is 11.5 Å². The SMILES string of the molecule is COC(=O)CC/C(C)=C/Cc1c(OC)c(C)c2c(c1OC(C)OC(=O)C(C)CCCCCCCC(C)CC(=O)OC(COC(C)=O)COC(C)=O)C(=O)OC2. The number of hydrogen-bond acceptors (Lipinski definition) is 14. The Bertz CT molecular complexity index is 1490. The summed E-state index contributed by atoms with van der Waals surface area (Å²) >= 11 is 0. The molecule has 3 atom stereocenters. The van der Waals surface area contributed by atoms with E-state index in [1.165, 1.54) is 21.0 Å². The molecule has 1 aliphatic heterocycles. The van der Waals surface area contributed by atoms with Crippen LogP contribution in [0.2, 0.25) is 0 Å². The molecule has 0 aromatic heterocycles. The molecule has 0 N–H and O–H groups in total. The summed E-state index contributed by atoms with van der Waals surface area (Å²) in [6, 6.07) is 0. The average Bonchev–Trinajstić information content (AvgIpc) is 3.52. The molecule has 0 radical (unpaired) electrons. The van der Waals surface area contributed by atoms with Crippen molar-refractivity contribution in [1.29, 1.82) is 0 Å². The van der Waals surface area contributed by atoms with E-state index in [1.807, 2.05) is 33.8 Å². The summed E-state index contributed by atoms with van der Waals surface area (Å²) in [5.41, 5.74) is 3.28. The van der Waals surface area contributed by atoms with Crippen LogP contribution in [-0.2, 0) is 65.4 Å². The zero-order chi connectivity index (χ0) is 41.1. The van der Waals surface area contributed by atoms with E-state index in [2.05, 4.69) is 0 Å². The minimum absolute atomic E-state index is 0.0806. The molecule has 1 aliphatic rings. The van der Waals surface area contributed by atoms with Gasteiger partial charge in [-0.15, -0.1) is 0 Å². The highest BCUT2D eigenvalue weighted by atomic mass is 16.7. The summed E-state index contributed by atoms with van der Waals surface area (Å²) in [6.45, 7) is 11.4. The first-order chi connectivity index (χ1) is 26.1. The zero-order valence-electron chi connectivity index (χ0n) is 34.0. The zero-order valence-corrected chi connectivity index (χ0v) is 34.0. The maximum absolute atomic E-state index is 13.1. The summed E-state index contributed by atoms with van der Waals surface area (Å²) in [5, 5.41) is 0. The van der Waals surface area contributed by atoms with Crippen LogP contribution in [0.25, 0.3) is 0 Å². The number of methoxy groups -OCH3 is 2. The number of benzene rings is 1. The van der Waals surface area contributed by atoms with Gasteiger partial charge in [-0.1, -0.05) is 64.0 Å². The first-order valence-corrected chi connectivity index (χ1v) is 19.0. The summed E-state index contributed by atoms with van der Waals surface area (Å²) < 4.78 is 43.0. The lowest BCUT2D eigenvalue weighted by atomic mass is 9.94. The van der Waals surface area contributed by atoms with E-state index in [-0.39, 0.29) is 56.2 Å². The summed E-state index contributed by atoms with van der Waals surface area (Å²) in [6.07, 6.45) is 7.46. The molecule has 55 heavy (non-hydrogen) atoms. The predicted molar refractivity (Wildman–Crippen MR) is 200 cm³/mol. The molecule has 308 valence electrons. The Morgan fingerprint density at radius 2 is 1.42 bits per heavy atom. The third kappa shape index (κ3) is 16.3. The fraction of sp³-hybridized carbons (Fsp3) is 0.659. The van der Waals surface area contributed by atoms with E-state index in [4.69, 9.17) is 37.9 Å². The Morgan fingerprint density at radius 1 is 0.800 bits per heavy atom. The van der Waals surface area contributed by atoms with E-state index < -0.39 is 42.2 Å². The second-order valence-electron chi connectivity index (χ2n) is 14.1. The second-order valence-corrected chi connectivity index (χ2v) is 14.1. The third-order valence-corrected chi connectivity index (χ3v) is 9.29. The topological polar surface area (TPSA) is 176 Å². The fourth-order valence-corrected chi connectivity index (χ4v) is 6.14. The van der Waals surface area contributed by atoms with Crippen molar-refractivity contribution < 1.29 is 66.7 Å². The predicted octanol–water partition coefficient (Wildman–Crippen LogP) is 6.82. The Balaban J connectivity index is 1.85. The van der Waals surface area contributed by atoms with Gasteiger partial charge in [0.05, 0.1) is 20.1 Å². The van der Waals surface area contributed by atoms with Gasteiger partial charge >= 0.3 is 35.8 Å². The normalized spacial score (nSPS) is 13.9. The Hall–Kier alpha value is -4.62. The number of ether oxygens (including phenoxy) is 8. The number of hydrogen-bond donors (Lipinski definition) is 0. The molecule has 0 bridgehead atoms. The van der Waals surface area contributed by atoms with Gasteiger partial charge in [-0.3, -0.25) is 24.0 Å². The van der Waals surface area contributed by atoms with Gasteiger partial charge in [0.15, 0.2) is 6.10 Å². The first-order valence-electron chi connectivity index (χ1n) is 19.0. The molecule has 0 spiro atoms.